The molecule has 0 aliphatic carbocycles. The third-order valence-electron chi connectivity index (χ3n) is 2.37. The number of hydrogen-bond acceptors (Lipinski definition) is 2. The molecule has 0 aromatic heterocycles. The van der Waals surface area contributed by atoms with Crippen molar-refractivity contribution in [3.8, 4) is 0 Å². The van der Waals surface area contributed by atoms with E-state index in [1.807, 2.05) is 45.0 Å². The lowest BCUT2D eigenvalue weighted by Gasteiger charge is -2.24. The Labute approximate surface area is 103 Å². The lowest BCUT2D eigenvalue weighted by atomic mass is 10.1. The van der Waals surface area contributed by atoms with Crippen LogP contribution in [0.25, 0.3) is 0 Å². The van der Waals surface area contributed by atoms with Gasteiger partial charge in [0.15, 0.2) is 0 Å². The predicted molar refractivity (Wildman–Crippen MR) is 70.5 cm³/mol. The fourth-order valence-electron chi connectivity index (χ4n) is 1.42. The molecule has 0 heterocycles. The lowest BCUT2D eigenvalue weighted by molar-refractivity contribution is 0.0589. The maximum Gasteiger partial charge on any atom is 0.414 e. The summed E-state index contributed by atoms with van der Waals surface area (Å²) in [6.07, 6.45) is 0.626. The van der Waals surface area contributed by atoms with Crippen LogP contribution < -0.4 is 4.90 Å². The molecule has 94 valence electrons. The number of rotatable bonds is 2. The number of carbonyl (C=O) groups excluding carboxylic acids is 1. The van der Waals surface area contributed by atoms with Gasteiger partial charge in [0, 0.05) is 12.7 Å². The van der Waals surface area contributed by atoms with E-state index in [1.165, 1.54) is 10.5 Å². The Morgan fingerprint density at radius 1 is 1.35 bits per heavy atom. The molecule has 3 heteroatoms. The highest BCUT2D eigenvalue weighted by molar-refractivity contribution is 5.87. The van der Waals surface area contributed by atoms with Crippen LogP contribution in [0.2, 0.25) is 0 Å². The first kappa shape index (κ1) is 13.6. The molecule has 0 spiro atoms. The van der Waals surface area contributed by atoms with Crippen molar-refractivity contribution in [2.45, 2.75) is 39.7 Å². The third kappa shape index (κ3) is 4.10. The minimum atomic E-state index is -0.465. The second-order valence-corrected chi connectivity index (χ2v) is 5.06. The minimum absolute atomic E-state index is 0.328. The van der Waals surface area contributed by atoms with Gasteiger partial charge in [0.1, 0.15) is 5.60 Å². The molecule has 0 fully saturated rings. The average molecular weight is 235 g/mol. The molecule has 1 aromatic carbocycles. The van der Waals surface area contributed by atoms with Crippen LogP contribution >= 0.6 is 0 Å². The van der Waals surface area contributed by atoms with Crippen LogP contribution in [-0.4, -0.2) is 18.7 Å². The zero-order valence-electron chi connectivity index (χ0n) is 11.3. The van der Waals surface area contributed by atoms with Crippen LogP contribution in [-0.2, 0) is 11.2 Å². The van der Waals surface area contributed by atoms with Gasteiger partial charge in [-0.1, -0.05) is 19.1 Å². The molecule has 0 aliphatic rings. The van der Waals surface area contributed by atoms with Crippen molar-refractivity contribution < 1.29 is 9.53 Å². The summed E-state index contributed by atoms with van der Waals surface area (Å²) >= 11 is 0. The van der Waals surface area contributed by atoms with E-state index in [1.54, 1.807) is 7.05 Å². The summed E-state index contributed by atoms with van der Waals surface area (Å²) < 4.78 is 5.31. The van der Waals surface area contributed by atoms with Gasteiger partial charge in [0.05, 0.1) is 0 Å². The van der Waals surface area contributed by atoms with Gasteiger partial charge in [-0.15, -0.1) is 0 Å². The van der Waals surface area contributed by atoms with Gasteiger partial charge in [-0.05, 0) is 44.9 Å². The first-order valence-corrected chi connectivity index (χ1v) is 5.89. The van der Waals surface area contributed by atoms with Gasteiger partial charge in [-0.3, -0.25) is 4.90 Å². The highest BCUT2D eigenvalue weighted by Gasteiger charge is 2.20. The van der Waals surface area contributed by atoms with Crippen LogP contribution in [0.1, 0.15) is 33.3 Å². The highest BCUT2D eigenvalue weighted by Crippen LogP contribution is 2.18. The molecule has 0 aliphatic heterocycles. The summed E-state index contributed by atoms with van der Waals surface area (Å²) in [6, 6.07) is 7.91. The average Bonchev–Trinajstić information content (AvgIpc) is 2.26. The van der Waals surface area contributed by atoms with Gasteiger partial charge in [0.2, 0.25) is 0 Å². The van der Waals surface area contributed by atoms with Gasteiger partial charge >= 0.3 is 6.09 Å². The van der Waals surface area contributed by atoms with Crippen molar-refractivity contribution in [1.82, 2.24) is 0 Å². The molecule has 0 bridgehead atoms. The maximum absolute atomic E-state index is 11.9. The maximum atomic E-state index is 11.9. The number of carbonyl (C=O) groups is 1. The zero-order valence-corrected chi connectivity index (χ0v) is 11.3. The van der Waals surface area contributed by atoms with E-state index in [2.05, 4.69) is 6.92 Å². The van der Waals surface area contributed by atoms with Gasteiger partial charge in [-0.2, -0.15) is 0 Å². The molecular formula is C14H21NO2. The second kappa shape index (κ2) is 5.21. The summed E-state index contributed by atoms with van der Waals surface area (Å²) in [5, 5.41) is 0. The summed E-state index contributed by atoms with van der Waals surface area (Å²) in [6.45, 7) is 7.68. The van der Waals surface area contributed by atoms with Crippen LogP contribution in [0, 0.1) is 0 Å². The quantitative estimate of drug-likeness (QED) is 0.783. The third-order valence-corrected chi connectivity index (χ3v) is 2.37. The van der Waals surface area contributed by atoms with Gasteiger partial charge in [0.25, 0.3) is 0 Å². The predicted octanol–water partition coefficient (Wildman–Crippen LogP) is 3.62. The molecule has 1 aromatic rings. The Kier molecular flexibility index (Phi) is 4.16. The molecular weight excluding hydrogens is 214 g/mol. The molecule has 1 amide bonds. The molecule has 0 atom stereocenters. The smallest absolute Gasteiger partial charge is 0.414 e. The number of aryl methyl sites for hydroxylation is 1. The fourth-order valence-corrected chi connectivity index (χ4v) is 1.42. The highest BCUT2D eigenvalue weighted by atomic mass is 16.6. The van der Waals surface area contributed by atoms with E-state index in [0.29, 0.717) is 0 Å². The molecule has 0 unspecified atom stereocenters. The Hall–Kier alpha value is -1.51. The van der Waals surface area contributed by atoms with Crippen LogP contribution in [0.4, 0.5) is 10.5 Å². The van der Waals surface area contributed by atoms with Crippen molar-refractivity contribution in [3.63, 3.8) is 0 Å². The molecule has 0 N–H and O–H groups in total. The summed E-state index contributed by atoms with van der Waals surface area (Å²) in [5.41, 5.74) is 1.60. The van der Waals surface area contributed by atoms with Crippen molar-refractivity contribution in [2.75, 3.05) is 11.9 Å². The Morgan fingerprint density at radius 2 is 2.00 bits per heavy atom. The van der Waals surface area contributed by atoms with E-state index in [4.69, 9.17) is 4.74 Å². The number of anilines is 1. The fraction of sp³-hybridized carbons (Fsp3) is 0.500. The lowest BCUT2D eigenvalue weighted by Crippen LogP contribution is -2.34. The van der Waals surface area contributed by atoms with Crippen LogP contribution in [0.5, 0.6) is 0 Å². The number of nitrogens with zero attached hydrogens (tertiary/aromatic N) is 1. The molecule has 17 heavy (non-hydrogen) atoms. The molecule has 1 rings (SSSR count). The van der Waals surface area contributed by atoms with Crippen molar-refractivity contribution in [3.05, 3.63) is 29.8 Å². The SMILES string of the molecule is CCc1cccc(N(C)C(=O)OC(C)(C)C)c1. The Balaban J connectivity index is 2.81. The molecule has 3 nitrogen and oxygen atoms in total. The van der Waals surface area contributed by atoms with E-state index in [0.717, 1.165) is 12.1 Å². The first-order chi connectivity index (χ1) is 7.83. The molecule has 0 radical (unpaired) electrons. The zero-order chi connectivity index (χ0) is 13.1. The van der Waals surface area contributed by atoms with E-state index < -0.39 is 5.60 Å². The Bertz CT molecular complexity index is 393. The largest absolute Gasteiger partial charge is 0.443 e. The van der Waals surface area contributed by atoms with Crippen molar-refractivity contribution in [2.24, 2.45) is 0 Å². The van der Waals surface area contributed by atoms with E-state index >= 15 is 0 Å². The summed E-state index contributed by atoms with van der Waals surface area (Å²) in [5.74, 6) is 0. The number of ether oxygens (including phenoxy) is 1. The first-order valence-electron chi connectivity index (χ1n) is 5.89. The summed E-state index contributed by atoms with van der Waals surface area (Å²) in [4.78, 5) is 13.4. The Morgan fingerprint density at radius 3 is 2.53 bits per heavy atom. The van der Waals surface area contributed by atoms with E-state index in [9.17, 15) is 4.79 Å². The molecule has 0 saturated heterocycles. The monoisotopic (exact) mass is 235 g/mol. The number of amides is 1. The number of hydrogen-bond donors (Lipinski definition) is 0. The molecule has 0 saturated carbocycles. The van der Waals surface area contributed by atoms with Crippen LogP contribution in [0.3, 0.4) is 0 Å². The number of benzene rings is 1. The van der Waals surface area contributed by atoms with Crippen molar-refractivity contribution in [1.29, 1.82) is 0 Å². The van der Waals surface area contributed by atoms with Crippen LogP contribution in [0.15, 0.2) is 24.3 Å². The van der Waals surface area contributed by atoms with Crippen molar-refractivity contribution >= 4 is 11.8 Å². The van der Waals surface area contributed by atoms with E-state index in [-0.39, 0.29) is 6.09 Å². The van der Waals surface area contributed by atoms with Gasteiger partial charge < -0.3 is 4.74 Å². The van der Waals surface area contributed by atoms with Gasteiger partial charge in [-0.25, -0.2) is 4.79 Å². The summed E-state index contributed by atoms with van der Waals surface area (Å²) in [7, 11) is 1.73. The standard InChI is InChI=1S/C14H21NO2/c1-6-11-8-7-9-12(10-11)15(5)13(16)17-14(2,3)4/h7-10H,6H2,1-5H3. The second-order valence-electron chi connectivity index (χ2n) is 5.06. The normalized spacial score (nSPS) is 11.1. The topological polar surface area (TPSA) is 29.5 Å². The minimum Gasteiger partial charge on any atom is -0.443 e.